The van der Waals surface area contributed by atoms with Crippen LogP contribution in [0, 0.1) is 11.8 Å². The summed E-state index contributed by atoms with van der Waals surface area (Å²) in [5, 5.41) is 0. The first-order valence-electron chi connectivity index (χ1n) is 14.1. The molecule has 1 aliphatic carbocycles. The van der Waals surface area contributed by atoms with Crippen molar-refractivity contribution >= 4 is 39.6 Å². The summed E-state index contributed by atoms with van der Waals surface area (Å²) in [7, 11) is 0. The Balaban J connectivity index is 1.35. The van der Waals surface area contributed by atoms with E-state index in [4.69, 9.17) is 0 Å². The maximum atomic E-state index is 13.6. The fourth-order valence-corrected chi connectivity index (χ4v) is 7.38. The second kappa shape index (κ2) is 10.9. The van der Waals surface area contributed by atoms with Crippen molar-refractivity contribution in [1.29, 1.82) is 0 Å². The van der Waals surface area contributed by atoms with Gasteiger partial charge in [-0.2, -0.15) is 0 Å². The van der Waals surface area contributed by atoms with Gasteiger partial charge >= 0.3 is 0 Å². The summed E-state index contributed by atoms with van der Waals surface area (Å²) in [6, 6.07) is 20.5. The molecule has 1 saturated carbocycles. The van der Waals surface area contributed by atoms with E-state index in [0.717, 1.165) is 57.1 Å². The minimum atomic E-state index is 0.117. The van der Waals surface area contributed by atoms with Crippen LogP contribution in [0.1, 0.15) is 61.2 Å². The predicted octanol–water partition coefficient (Wildman–Crippen LogP) is 7.48. The number of fused-ring (bicyclic) bond motifs is 1. The first-order chi connectivity index (χ1) is 19.0. The van der Waals surface area contributed by atoms with Gasteiger partial charge in [0, 0.05) is 18.0 Å². The van der Waals surface area contributed by atoms with Crippen molar-refractivity contribution in [2.24, 2.45) is 11.8 Å². The van der Waals surface area contributed by atoms with E-state index in [2.05, 4.69) is 30.1 Å². The molecule has 6 rings (SSSR count). The van der Waals surface area contributed by atoms with Gasteiger partial charge < -0.3 is 9.47 Å². The fraction of sp³-hybridized carbons (Fsp3) is 0.364. The van der Waals surface area contributed by atoms with Crippen molar-refractivity contribution < 1.29 is 9.59 Å². The second-order valence-corrected chi connectivity index (χ2v) is 12.2. The van der Waals surface area contributed by atoms with Crippen LogP contribution >= 0.6 is 11.3 Å². The molecule has 1 aliphatic heterocycles. The molecule has 0 bridgehead atoms. The molecule has 200 valence electrons. The highest BCUT2D eigenvalue weighted by Gasteiger charge is 2.32. The standard InChI is InChI=1S/C33H35N3O2S/c1-22-12-14-24(15-13-22)28-19-35(32(38)20-36-21-34-29-10-6-7-11-30(29)36)17-16-26(28)27-18-31(39-33(27)23(2)37)25-8-4-3-5-9-25/h3-11,18,21-22,24H,12-17,19-20H2,1-2H3. The number of ketones is 1. The topological polar surface area (TPSA) is 55.2 Å². The zero-order valence-corrected chi connectivity index (χ0v) is 23.5. The number of amides is 1. The zero-order valence-electron chi connectivity index (χ0n) is 22.7. The lowest BCUT2D eigenvalue weighted by Crippen LogP contribution is -2.40. The number of thiophene rings is 1. The Morgan fingerprint density at radius 3 is 2.51 bits per heavy atom. The number of Topliss-reactive ketones (excluding diaryl/α,β-unsaturated/α-hetero) is 1. The molecule has 2 aromatic heterocycles. The van der Waals surface area contributed by atoms with E-state index in [1.165, 1.54) is 24.0 Å². The third kappa shape index (κ3) is 5.22. The number of imidazole rings is 1. The quantitative estimate of drug-likeness (QED) is 0.240. The van der Waals surface area contributed by atoms with Gasteiger partial charge in [0.25, 0.3) is 0 Å². The summed E-state index contributed by atoms with van der Waals surface area (Å²) in [6.07, 6.45) is 7.29. The lowest BCUT2D eigenvalue weighted by atomic mass is 9.75. The van der Waals surface area contributed by atoms with Gasteiger partial charge in [0.2, 0.25) is 5.91 Å². The van der Waals surface area contributed by atoms with Crippen LogP contribution in [-0.2, 0) is 11.3 Å². The molecular weight excluding hydrogens is 502 g/mol. The number of nitrogens with zero attached hydrogens (tertiary/aromatic N) is 3. The van der Waals surface area contributed by atoms with Crippen molar-refractivity contribution in [3.05, 3.63) is 83.0 Å². The predicted molar refractivity (Wildman–Crippen MR) is 159 cm³/mol. The van der Waals surface area contributed by atoms with E-state index < -0.39 is 0 Å². The molecule has 0 saturated heterocycles. The van der Waals surface area contributed by atoms with E-state index in [0.29, 0.717) is 25.6 Å². The molecular formula is C33H35N3O2S. The van der Waals surface area contributed by atoms with Crippen molar-refractivity contribution in [2.75, 3.05) is 13.1 Å². The molecule has 0 spiro atoms. The van der Waals surface area contributed by atoms with Crippen molar-refractivity contribution in [1.82, 2.24) is 14.5 Å². The van der Waals surface area contributed by atoms with Gasteiger partial charge in [-0.1, -0.05) is 62.2 Å². The van der Waals surface area contributed by atoms with Crippen LogP contribution in [-0.4, -0.2) is 39.2 Å². The molecule has 1 fully saturated rings. The number of carbonyl (C=O) groups excluding carboxylic acids is 2. The molecule has 2 aliphatic rings. The first-order valence-corrected chi connectivity index (χ1v) is 14.9. The highest BCUT2D eigenvalue weighted by atomic mass is 32.1. The monoisotopic (exact) mass is 537 g/mol. The van der Waals surface area contributed by atoms with Gasteiger partial charge in [0.15, 0.2) is 5.78 Å². The summed E-state index contributed by atoms with van der Waals surface area (Å²) < 4.78 is 1.96. The third-order valence-electron chi connectivity index (χ3n) is 8.51. The zero-order chi connectivity index (χ0) is 26.9. The van der Waals surface area contributed by atoms with Gasteiger partial charge in [-0.15, -0.1) is 11.3 Å². The number of rotatable bonds is 6. The van der Waals surface area contributed by atoms with Crippen molar-refractivity contribution in [3.8, 4) is 10.4 Å². The highest BCUT2D eigenvalue weighted by molar-refractivity contribution is 7.17. The van der Waals surface area contributed by atoms with E-state index in [9.17, 15) is 9.59 Å². The Hall–Kier alpha value is -3.51. The number of carbonyl (C=O) groups is 2. The Bertz CT molecular complexity index is 1540. The molecule has 0 N–H and O–H groups in total. The second-order valence-electron chi connectivity index (χ2n) is 11.2. The maximum Gasteiger partial charge on any atom is 0.242 e. The normalized spacial score (nSPS) is 20.0. The molecule has 3 heterocycles. The van der Waals surface area contributed by atoms with Crippen LogP contribution in [0.3, 0.4) is 0 Å². The number of hydrogen-bond donors (Lipinski definition) is 0. The minimum Gasteiger partial charge on any atom is -0.337 e. The summed E-state index contributed by atoms with van der Waals surface area (Å²) in [4.78, 5) is 34.9. The molecule has 0 atom stereocenters. The number of benzene rings is 2. The number of hydrogen-bond acceptors (Lipinski definition) is 4. The van der Waals surface area contributed by atoms with Crippen LogP contribution in [0.25, 0.3) is 27.0 Å². The average molecular weight is 538 g/mol. The Morgan fingerprint density at radius 2 is 1.74 bits per heavy atom. The highest BCUT2D eigenvalue weighted by Crippen LogP contribution is 2.43. The molecule has 0 unspecified atom stereocenters. The van der Waals surface area contributed by atoms with Crippen LogP contribution in [0.15, 0.2) is 72.6 Å². The van der Waals surface area contributed by atoms with E-state index >= 15 is 0 Å². The van der Waals surface area contributed by atoms with Crippen molar-refractivity contribution in [2.45, 2.75) is 52.5 Å². The summed E-state index contributed by atoms with van der Waals surface area (Å²) >= 11 is 1.60. The third-order valence-corrected chi connectivity index (χ3v) is 9.80. The molecule has 2 aromatic carbocycles. The Labute approximate surface area is 234 Å². The van der Waals surface area contributed by atoms with Gasteiger partial charge in [0.1, 0.15) is 6.54 Å². The smallest absolute Gasteiger partial charge is 0.242 e. The fourth-order valence-electron chi connectivity index (χ4n) is 6.30. The largest absolute Gasteiger partial charge is 0.337 e. The molecule has 39 heavy (non-hydrogen) atoms. The van der Waals surface area contributed by atoms with E-state index in [-0.39, 0.29) is 11.7 Å². The minimum absolute atomic E-state index is 0.117. The first kappa shape index (κ1) is 25.8. The van der Waals surface area contributed by atoms with Crippen molar-refractivity contribution in [3.63, 3.8) is 0 Å². The van der Waals surface area contributed by atoms with Gasteiger partial charge in [0.05, 0.1) is 22.2 Å². The van der Waals surface area contributed by atoms with E-state index in [1.54, 1.807) is 24.6 Å². The summed E-state index contributed by atoms with van der Waals surface area (Å²) in [6.45, 7) is 5.63. The Kier molecular flexibility index (Phi) is 7.22. The van der Waals surface area contributed by atoms with Crippen LogP contribution < -0.4 is 0 Å². The maximum absolute atomic E-state index is 13.6. The van der Waals surface area contributed by atoms with Gasteiger partial charge in [-0.3, -0.25) is 9.59 Å². The van der Waals surface area contributed by atoms with Crippen LogP contribution in [0.4, 0.5) is 0 Å². The van der Waals surface area contributed by atoms with E-state index in [1.807, 2.05) is 51.9 Å². The molecule has 4 aromatic rings. The SMILES string of the molecule is CC(=O)c1sc(-c2ccccc2)cc1C1=C(C2CCC(C)CC2)CN(C(=O)Cn2cnc3ccccc32)CC1. The summed E-state index contributed by atoms with van der Waals surface area (Å²) in [5.74, 6) is 1.45. The van der Waals surface area contributed by atoms with Crippen LogP contribution in [0.5, 0.6) is 0 Å². The molecule has 5 nitrogen and oxygen atoms in total. The number of para-hydroxylation sites is 2. The Morgan fingerprint density at radius 1 is 1.00 bits per heavy atom. The van der Waals surface area contributed by atoms with Gasteiger partial charge in [-0.25, -0.2) is 4.98 Å². The molecule has 0 radical (unpaired) electrons. The average Bonchev–Trinajstić information content (AvgIpc) is 3.59. The van der Waals surface area contributed by atoms with Crippen LogP contribution in [0.2, 0.25) is 0 Å². The van der Waals surface area contributed by atoms with Gasteiger partial charge in [-0.05, 0) is 78.5 Å². The lowest BCUT2D eigenvalue weighted by molar-refractivity contribution is -0.131. The lowest BCUT2D eigenvalue weighted by Gasteiger charge is -2.37. The molecule has 1 amide bonds. The number of aromatic nitrogens is 2. The summed E-state index contributed by atoms with van der Waals surface area (Å²) in [5.41, 5.74) is 6.80. The molecule has 6 heteroatoms.